The fourth-order valence-corrected chi connectivity index (χ4v) is 4.25. The quantitative estimate of drug-likeness (QED) is 0.406. The van der Waals surface area contributed by atoms with Gasteiger partial charge in [-0.2, -0.15) is 10.2 Å². The van der Waals surface area contributed by atoms with Gasteiger partial charge in [0.1, 0.15) is 18.4 Å². The Balaban J connectivity index is 1.15. The van der Waals surface area contributed by atoms with Crippen LogP contribution in [0, 0.1) is 0 Å². The van der Waals surface area contributed by atoms with Gasteiger partial charge < -0.3 is 15.0 Å². The molecule has 4 aromatic rings. The van der Waals surface area contributed by atoms with E-state index in [2.05, 4.69) is 25.2 Å². The number of nitrogens with zero attached hydrogens (tertiary/aromatic N) is 6. The second-order valence-electron chi connectivity index (χ2n) is 8.65. The predicted molar refractivity (Wildman–Crippen MR) is 129 cm³/mol. The Morgan fingerprint density at radius 3 is 2.45 bits per heavy atom. The maximum absolute atomic E-state index is 12.8. The van der Waals surface area contributed by atoms with Crippen molar-refractivity contribution < 1.29 is 27.5 Å². The third-order valence-electron chi connectivity index (χ3n) is 6.11. The highest BCUT2D eigenvalue weighted by atomic mass is 19.4. The number of hydrogen-bond acceptors (Lipinski definition) is 6. The number of alkyl halides is 3. The molecule has 13 heteroatoms. The summed E-state index contributed by atoms with van der Waals surface area (Å²) in [6, 6.07) is 11.9. The average Bonchev–Trinajstić information content (AvgIpc) is 3.61. The van der Waals surface area contributed by atoms with E-state index in [1.807, 2.05) is 6.07 Å². The third kappa shape index (κ3) is 5.82. The maximum atomic E-state index is 12.8. The lowest BCUT2D eigenvalue weighted by molar-refractivity contribution is -0.274. The summed E-state index contributed by atoms with van der Waals surface area (Å²) < 4.78 is 44.2. The van der Waals surface area contributed by atoms with Gasteiger partial charge in [0.2, 0.25) is 0 Å². The van der Waals surface area contributed by atoms with Crippen molar-refractivity contribution >= 4 is 17.5 Å². The standard InChI is InChI=1S/C25H22F3N7O3/c26-25(27,28)38-22-6-4-17(5-7-22)24(37)33-10-8-20(9-11-33)34-14-19(13-30-34)32-23(36)18-2-1-3-21(12-18)35-16-29-15-31-35/h1-7,12-16,20H,8-11H2,(H,32,36). The molecule has 2 aromatic heterocycles. The van der Waals surface area contributed by atoms with E-state index in [1.165, 1.54) is 18.5 Å². The first kappa shape index (κ1) is 25.0. The molecule has 38 heavy (non-hydrogen) atoms. The summed E-state index contributed by atoms with van der Waals surface area (Å²) in [4.78, 5) is 31.1. The number of ether oxygens (including phenoxy) is 1. The topological polar surface area (TPSA) is 107 Å². The second kappa shape index (κ2) is 10.4. The molecule has 3 heterocycles. The van der Waals surface area contributed by atoms with Crippen LogP contribution >= 0.6 is 0 Å². The van der Waals surface area contributed by atoms with Crippen LogP contribution in [0.25, 0.3) is 5.69 Å². The van der Waals surface area contributed by atoms with Crippen LogP contribution in [0.2, 0.25) is 0 Å². The Hall–Kier alpha value is -4.68. The van der Waals surface area contributed by atoms with Crippen molar-refractivity contribution in [2.45, 2.75) is 25.2 Å². The number of amides is 2. The van der Waals surface area contributed by atoms with Crippen LogP contribution in [-0.2, 0) is 0 Å². The van der Waals surface area contributed by atoms with Crippen LogP contribution in [0.4, 0.5) is 18.9 Å². The number of rotatable bonds is 6. The maximum Gasteiger partial charge on any atom is 0.573 e. The molecule has 196 valence electrons. The highest BCUT2D eigenvalue weighted by Gasteiger charge is 2.31. The summed E-state index contributed by atoms with van der Waals surface area (Å²) >= 11 is 0. The van der Waals surface area contributed by atoms with Gasteiger partial charge in [0, 0.05) is 30.4 Å². The van der Waals surface area contributed by atoms with E-state index in [9.17, 15) is 22.8 Å². The van der Waals surface area contributed by atoms with Crippen LogP contribution in [0.5, 0.6) is 5.75 Å². The van der Waals surface area contributed by atoms with Crippen molar-refractivity contribution in [3.05, 3.63) is 84.7 Å². The summed E-state index contributed by atoms with van der Waals surface area (Å²) in [7, 11) is 0. The van der Waals surface area contributed by atoms with Gasteiger partial charge in [0.25, 0.3) is 11.8 Å². The molecule has 0 saturated carbocycles. The first-order valence-electron chi connectivity index (χ1n) is 11.7. The SMILES string of the molecule is O=C(Nc1cnn(C2CCN(C(=O)c3ccc(OC(F)(F)F)cc3)CC2)c1)c1cccc(-n2cncn2)c1. The van der Waals surface area contributed by atoms with Crippen molar-refractivity contribution in [1.29, 1.82) is 0 Å². The van der Waals surface area contributed by atoms with Gasteiger partial charge >= 0.3 is 6.36 Å². The normalized spacial score (nSPS) is 14.3. The summed E-state index contributed by atoms with van der Waals surface area (Å²) in [5.41, 5.74) is 1.99. The minimum atomic E-state index is -4.79. The van der Waals surface area contributed by atoms with Crippen molar-refractivity contribution in [3.63, 3.8) is 0 Å². The lowest BCUT2D eigenvalue weighted by Crippen LogP contribution is -2.39. The van der Waals surface area contributed by atoms with Crippen LogP contribution in [-0.4, -0.2) is 60.7 Å². The first-order chi connectivity index (χ1) is 18.2. The minimum Gasteiger partial charge on any atom is -0.406 e. The Morgan fingerprint density at radius 1 is 1.00 bits per heavy atom. The Labute approximate surface area is 214 Å². The lowest BCUT2D eigenvalue weighted by atomic mass is 10.0. The molecule has 1 N–H and O–H groups in total. The highest BCUT2D eigenvalue weighted by molar-refractivity contribution is 6.04. The van der Waals surface area contributed by atoms with E-state index < -0.39 is 6.36 Å². The van der Waals surface area contributed by atoms with Gasteiger partial charge in [-0.3, -0.25) is 14.3 Å². The molecule has 2 amide bonds. The van der Waals surface area contributed by atoms with Crippen LogP contribution < -0.4 is 10.1 Å². The molecule has 1 aliphatic rings. The third-order valence-corrected chi connectivity index (χ3v) is 6.11. The van der Waals surface area contributed by atoms with Gasteiger partial charge in [0.05, 0.1) is 23.6 Å². The predicted octanol–water partition coefficient (Wildman–Crippen LogP) is 4.09. The van der Waals surface area contributed by atoms with Gasteiger partial charge in [0.15, 0.2) is 0 Å². The van der Waals surface area contributed by atoms with Gasteiger partial charge in [-0.25, -0.2) is 9.67 Å². The summed E-state index contributed by atoms with van der Waals surface area (Å²) in [5.74, 6) is -0.931. The Kier molecular flexibility index (Phi) is 6.81. The molecule has 0 bridgehead atoms. The fraction of sp³-hybridized carbons (Fsp3) is 0.240. The average molecular weight is 525 g/mol. The molecule has 0 aliphatic carbocycles. The number of likely N-dealkylation sites (tertiary alicyclic amines) is 1. The molecular formula is C25H22F3N7O3. The van der Waals surface area contributed by atoms with Crippen LogP contribution in [0.15, 0.2) is 73.6 Å². The largest absolute Gasteiger partial charge is 0.573 e. The summed E-state index contributed by atoms with van der Waals surface area (Å²) in [6.45, 7) is 0.919. The number of hydrogen-bond donors (Lipinski definition) is 1. The van der Waals surface area contributed by atoms with Gasteiger partial charge in [-0.1, -0.05) is 6.07 Å². The molecular weight excluding hydrogens is 503 g/mol. The van der Waals surface area contributed by atoms with Crippen LogP contribution in [0.3, 0.4) is 0 Å². The number of carbonyl (C=O) groups excluding carboxylic acids is 2. The molecule has 0 spiro atoms. The van der Waals surface area contributed by atoms with E-state index in [0.29, 0.717) is 42.9 Å². The van der Waals surface area contributed by atoms with Crippen molar-refractivity contribution in [3.8, 4) is 11.4 Å². The molecule has 0 unspecified atom stereocenters. The number of halogens is 3. The molecule has 10 nitrogen and oxygen atoms in total. The zero-order chi connectivity index (χ0) is 26.7. The molecule has 2 aromatic carbocycles. The number of anilines is 1. The van der Waals surface area contributed by atoms with E-state index in [-0.39, 0.29) is 29.2 Å². The smallest absolute Gasteiger partial charge is 0.406 e. The number of aromatic nitrogens is 5. The first-order valence-corrected chi connectivity index (χ1v) is 11.7. The van der Waals surface area contributed by atoms with Crippen molar-refractivity contribution in [2.24, 2.45) is 0 Å². The Morgan fingerprint density at radius 2 is 1.76 bits per heavy atom. The molecule has 1 fully saturated rings. The fourth-order valence-electron chi connectivity index (χ4n) is 4.25. The van der Waals surface area contributed by atoms with E-state index in [1.54, 1.807) is 51.2 Å². The highest BCUT2D eigenvalue weighted by Crippen LogP contribution is 2.26. The summed E-state index contributed by atoms with van der Waals surface area (Å²) in [6.07, 6.45) is 2.76. The Bertz CT molecular complexity index is 1410. The molecule has 1 saturated heterocycles. The molecule has 5 rings (SSSR count). The minimum absolute atomic E-state index is 0.0305. The zero-order valence-corrected chi connectivity index (χ0v) is 19.9. The number of nitrogens with one attached hydrogen (secondary N) is 1. The molecule has 1 aliphatic heterocycles. The second-order valence-corrected chi connectivity index (χ2v) is 8.65. The molecule has 0 radical (unpaired) electrons. The summed E-state index contributed by atoms with van der Waals surface area (Å²) in [5, 5.41) is 11.3. The number of piperidine rings is 1. The van der Waals surface area contributed by atoms with Gasteiger partial charge in [-0.05, 0) is 55.3 Å². The van der Waals surface area contributed by atoms with Crippen molar-refractivity contribution in [2.75, 3.05) is 18.4 Å². The van der Waals surface area contributed by atoms with E-state index in [4.69, 9.17) is 0 Å². The van der Waals surface area contributed by atoms with E-state index >= 15 is 0 Å². The number of benzene rings is 2. The number of carbonyl (C=O) groups is 2. The van der Waals surface area contributed by atoms with Gasteiger partial charge in [-0.15, -0.1) is 13.2 Å². The lowest BCUT2D eigenvalue weighted by Gasteiger charge is -2.32. The van der Waals surface area contributed by atoms with Crippen LogP contribution in [0.1, 0.15) is 39.6 Å². The monoisotopic (exact) mass is 525 g/mol. The van der Waals surface area contributed by atoms with Crippen molar-refractivity contribution in [1.82, 2.24) is 29.4 Å². The zero-order valence-electron chi connectivity index (χ0n) is 19.9. The van der Waals surface area contributed by atoms with E-state index in [0.717, 1.165) is 12.1 Å². The molecule has 0 atom stereocenters.